The highest BCUT2D eigenvalue weighted by molar-refractivity contribution is 7.93. The Kier molecular flexibility index (Phi) is 7.17. The number of benzene rings is 3. The summed E-state index contributed by atoms with van der Waals surface area (Å²) in [5.74, 6) is -1.88. The number of rotatable bonds is 7. The number of aromatic nitrogens is 2. The van der Waals surface area contributed by atoms with Crippen LogP contribution in [0.25, 0.3) is 16.4 Å². The molecule has 0 amide bonds. The molecule has 2 aromatic heterocycles. The summed E-state index contributed by atoms with van der Waals surface area (Å²) in [5.41, 5.74) is 7.84. The monoisotopic (exact) mass is 620 g/mol. The van der Waals surface area contributed by atoms with Crippen LogP contribution in [-0.2, 0) is 9.84 Å². The van der Waals surface area contributed by atoms with Gasteiger partial charge in [0.2, 0.25) is 21.5 Å². The number of nitrogens with zero attached hydrogens (tertiary/aromatic N) is 3. The minimum absolute atomic E-state index is 0.0309. The topological polar surface area (TPSA) is 139 Å². The van der Waals surface area contributed by atoms with Gasteiger partial charge < -0.3 is 20.8 Å². The highest BCUT2D eigenvalue weighted by Crippen LogP contribution is 2.46. The van der Waals surface area contributed by atoms with Crippen LogP contribution in [0, 0.1) is 0 Å². The lowest BCUT2D eigenvalue weighted by Crippen LogP contribution is -2.21. The number of nitrogens with two attached hydrogens (primary N) is 1. The van der Waals surface area contributed by atoms with Crippen LogP contribution in [0.2, 0.25) is 5.02 Å². The first-order chi connectivity index (χ1) is 20.2. The minimum atomic E-state index is -3.91. The van der Waals surface area contributed by atoms with Gasteiger partial charge in [-0.15, -0.1) is 0 Å². The normalized spacial score (nSPS) is 13.5. The van der Waals surface area contributed by atoms with Crippen LogP contribution in [-0.4, -0.2) is 47.1 Å². The van der Waals surface area contributed by atoms with Gasteiger partial charge in [0.25, 0.3) is 0 Å². The predicted octanol–water partition coefficient (Wildman–Crippen LogP) is 5.91. The maximum Gasteiger partial charge on any atom is 0.242 e. The number of carbonyl (C=O) groups excluding carboxylic acids is 1. The lowest BCUT2D eigenvalue weighted by Gasteiger charge is -2.21. The Morgan fingerprint density at radius 1 is 0.976 bits per heavy atom. The second kappa shape index (κ2) is 10.8. The van der Waals surface area contributed by atoms with E-state index >= 15 is 0 Å². The van der Waals surface area contributed by atoms with Gasteiger partial charge in [0.05, 0.1) is 22.3 Å². The van der Waals surface area contributed by atoms with E-state index in [9.17, 15) is 23.4 Å². The number of sulfone groups is 1. The molecule has 6 rings (SSSR count). The highest BCUT2D eigenvalue weighted by atomic mass is 35.5. The molecule has 0 atom stereocenters. The fourth-order valence-corrected chi connectivity index (χ4v) is 7.89. The van der Waals surface area contributed by atoms with E-state index in [4.69, 9.17) is 17.3 Å². The van der Waals surface area contributed by atoms with Crippen molar-refractivity contribution in [1.82, 2.24) is 9.55 Å². The molecule has 214 valence electrons. The third kappa shape index (κ3) is 4.79. The van der Waals surface area contributed by atoms with Crippen LogP contribution in [0.3, 0.4) is 0 Å². The molecule has 0 unspecified atom stereocenters. The van der Waals surface area contributed by atoms with Crippen molar-refractivity contribution in [3.63, 3.8) is 0 Å². The molecule has 0 aliphatic carbocycles. The molecule has 1 fully saturated rings. The molecule has 1 saturated heterocycles. The Balaban J connectivity index is 1.56. The van der Waals surface area contributed by atoms with E-state index in [1.807, 2.05) is 0 Å². The molecule has 0 bridgehead atoms. The maximum atomic E-state index is 14.3. The fraction of sp³-hybridized carbons (Fsp3) is 0.133. The zero-order valence-electron chi connectivity index (χ0n) is 22.1. The van der Waals surface area contributed by atoms with Gasteiger partial charge in [-0.05, 0) is 55.3 Å². The molecule has 12 heteroatoms. The van der Waals surface area contributed by atoms with E-state index in [1.165, 1.54) is 22.9 Å². The van der Waals surface area contributed by atoms with E-state index in [2.05, 4.69) is 9.88 Å². The van der Waals surface area contributed by atoms with Crippen molar-refractivity contribution in [2.75, 3.05) is 23.7 Å². The molecule has 9 nitrogen and oxygen atoms in total. The molecule has 3 aromatic carbocycles. The molecule has 0 spiro atoms. The second-order valence-corrected chi connectivity index (χ2v) is 13.4. The Labute approximate surface area is 251 Å². The number of anilines is 2. The van der Waals surface area contributed by atoms with E-state index in [0.29, 0.717) is 27.5 Å². The number of hydrogen-bond acceptors (Lipinski definition) is 9. The Bertz CT molecular complexity index is 1930. The lowest BCUT2D eigenvalue weighted by molar-refractivity contribution is 0.103. The largest absolute Gasteiger partial charge is 0.503 e. The maximum absolute atomic E-state index is 14.3. The minimum Gasteiger partial charge on any atom is -0.503 e. The molecular weight excluding hydrogens is 596 g/mol. The summed E-state index contributed by atoms with van der Waals surface area (Å²) in [5, 5.41) is 22.9. The van der Waals surface area contributed by atoms with Crippen LogP contribution in [0.15, 0.2) is 88.1 Å². The zero-order chi connectivity index (χ0) is 29.6. The Hall–Kier alpha value is -4.32. The SMILES string of the molecule is Nc1ccc(C(=O)c2c(O)c(O)n(-c3ncc(S(=O)(=O)c4ccccc4)s3)c2-c2cccc(Cl)c2)c(N2CCCC2)c1. The summed E-state index contributed by atoms with van der Waals surface area (Å²) < 4.78 is 27.7. The van der Waals surface area contributed by atoms with Gasteiger partial charge in [-0.25, -0.2) is 13.4 Å². The van der Waals surface area contributed by atoms with Gasteiger partial charge in [0.15, 0.2) is 10.9 Å². The summed E-state index contributed by atoms with van der Waals surface area (Å²) >= 11 is 7.11. The Morgan fingerprint density at radius 3 is 2.43 bits per heavy atom. The summed E-state index contributed by atoms with van der Waals surface area (Å²) in [6, 6.07) is 19.4. The van der Waals surface area contributed by atoms with E-state index < -0.39 is 27.2 Å². The standard InChI is InChI=1S/C30H25ClN4O5S2/c31-19-8-6-7-18(15-19)26-25(27(36)22-12-11-20(32)16-23(22)34-13-4-5-14-34)28(37)29(38)35(26)30-33-17-24(41-30)42(39,40)21-9-2-1-3-10-21/h1-3,6-12,15-17,37-38H,4-5,13-14,32H2. The fourth-order valence-electron chi connectivity index (χ4n) is 5.15. The summed E-state index contributed by atoms with van der Waals surface area (Å²) in [6.07, 6.45) is 3.13. The third-order valence-electron chi connectivity index (χ3n) is 7.14. The third-order valence-corrected chi connectivity index (χ3v) is 10.6. The van der Waals surface area contributed by atoms with Gasteiger partial charge in [-0.2, -0.15) is 0 Å². The zero-order valence-corrected chi connectivity index (χ0v) is 24.5. The number of halogens is 1. The molecule has 0 radical (unpaired) electrons. The summed E-state index contributed by atoms with van der Waals surface area (Å²) in [4.78, 5) is 20.7. The number of nitrogen functional groups attached to an aromatic ring is 1. The molecule has 42 heavy (non-hydrogen) atoms. The van der Waals surface area contributed by atoms with Gasteiger partial charge in [0.1, 0.15) is 4.21 Å². The average Bonchev–Trinajstić information content (AvgIpc) is 3.74. The first kappa shape index (κ1) is 27.8. The van der Waals surface area contributed by atoms with E-state index in [0.717, 1.165) is 37.3 Å². The van der Waals surface area contributed by atoms with E-state index in [-0.39, 0.29) is 25.5 Å². The van der Waals surface area contributed by atoms with Crippen molar-refractivity contribution in [2.45, 2.75) is 21.9 Å². The van der Waals surface area contributed by atoms with Crippen LogP contribution in [0.1, 0.15) is 28.8 Å². The molecule has 4 N–H and O–H groups in total. The number of ketones is 1. The van der Waals surface area contributed by atoms with Gasteiger partial charge in [-0.1, -0.05) is 53.3 Å². The highest BCUT2D eigenvalue weighted by Gasteiger charge is 2.33. The van der Waals surface area contributed by atoms with Gasteiger partial charge in [-0.3, -0.25) is 9.36 Å². The summed E-state index contributed by atoms with van der Waals surface area (Å²) in [6.45, 7) is 1.50. The van der Waals surface area contributed by atoms with Crippen LogP contribution in [0.5, 0.6) is 11.6 Å². The van der Waals surface area contributed by atoms with Crippen LogP contribution < -0.4 is 10.6 Å². The van der Waals surface area contributed by atoms with Gasteiger partial charge in [0, 0.05) is 40.6 Å². The quantitative estimate of drug-likeness (QED) is 0.151. The van der Waals surface area contributed by atoms with E-state index in [1.54, 1.807) is 60.7 Å². The van der Waals surface area contributed by atoms with Crippen molar-refractivity contribution < 1.29 is 23.4 Å². The number of aromatic hydroxyl groups is 2. The van der Waals surface area contributed by atoms with Crippen molar-refractivity contribution in [2.24, 2.45) is 0 Å². The summed E-state index contributed by atoms with van der Waals surface area (Å²) in [7, 11) is -3.91. The number of hydrogen-bond donors (Lipinski definition) is 3. The average molecular weight is 621 g/mol. The molecule has 5 aromatic rings. The number of thiazole rings is 1. The molecule has 1 aliphatic rings. The molecule has 0 saturated carbocycles. The van der Waals surface area contributed by atoms with Crippen molar-refractivity contribution in [3.8, 4) is 28.0 Å². The van der Waals surface area contributed by atoms with Crippen molar-refractivity contribution >= 4 is 49.9 Å². The number of carbonyl (C=O) groups is 1. The molecule has 1 aliphatic heterocycles. The van der Waals surface area contributed by atoms with Crippen LogP contribution in [0.4, 0.5) is 11.4 Å². The molecule has 3 heterocycles. The molecular formula is C30H25ClN4O5S2. The first-order valence-electron chi connectivity index (χ1n) is 13.0. The van der Waals surface area contributed by atoms with Crippen molar-refractivity contribution in [1.29, 1.82) is 0 Å². The van der Waals surface area contributed by atoms with Gasteiger partial charge >= 0.3 is 0 Å². The predicted molar refractivity (Wildman–Crippen MR) is 163 cm³/mol. The smallest absolute Gasteiger partial charge is 0.242 e. The second-order valence-electron chi connectivity index (χ2n) is 9.82. The first-order valence-corrected chi connectivity index (χ1v) is 15.7. The Morgan fingerprint density at radius 2 is 1.71 bits per heavy atom. The van der Waals surface area contributed by atoms with Crippen LogP contribution >= 0.6 is 22.9 Å². The lowest BCUT2D eigenvalue weighted by atomic mass is 9.97. The van der Waals surface area contributed by atoms with Crippen molar-refractivity contribution in [3.05, 3.63) is 95.1 Å².